The third-order valence-electron chi connectivity index (χ3n) is 3.46. The Kier molecular flexibility index (Phi) is 4.09. The Bertz CT molecular complexity index is 842. The number of anilines is 1. The third-order valence-corrected chi connectivity index (χ3v) is 3.46. The Morgan fingerprint density at radius 3 is 2.91 bits per heavy atom. The van der Waals surface area contributed by atoms with Crippen molar-refractivity contribution in [1.29, 1.82) is 0 Å². The van der Waals surface area contributed by atoms with Crippen LogP contribution in [-0.2, 0) is 6.54 Å². The van der Waals surface area contributed by atoms with Crippen molar-refractivity contribution in [3.05, 3.63) is 53.7 Å². The van der Waals surface area contributed by atoms with Gasteiger partial charge in [-0.1, -0.05) is 18.2 Å². The number of hydrogen-bond acceptors (Lipinski definition) is 5. The Hall–Kier alpha value is -3.09. The van der Waals surface area contributed by atoms with Crippen molar-refractivity contribution < 1.29 is 4.79 Å². The number of tetrazole rings is 1. The van der Waals surface area contributed by atoms with Gasteiger partial charge in [0.15, 0.2) is 5.82 Å². The van der Waals surface area contributed by atoms with Gasteiger partial charge in [0.25, 0.3) is 5.91 Å². The summed E-state index contributed by atoms with van der Waals surface area (Å²) >= 11 is 0. The van der Waals surface area contributed by atoms with E-state index >= 15 is 0 Å². The van der Waals surface area contributed by atoms with Gasteiger partial charge in [-0.25, -0.2) is 9.67 Å². The van der Waals surface area contributed by atoms with E-state index in [4.69, 9.17) is 0 Å². The summed E-state index contributed by atoms with van der Waals surface area (Å²) < 4.78 is 1.68. The normalized spacial score (nSPS) is 10.5. The van der Waals surface area contributed by atoms with Crippen molar-refractivity contribution in [3.8, 4) is 11.4 Å². The topological polar surface area (TPSA) is 85.6 Å². The summed E-state index contributed by atoms with van der Waals surface area (Å²) in [6.45, 7) is 4.51. The third kappa shape index (κ3) is 3.08. The van der Waals surface area contributed by atoms with Crippen molar-refractivity contribution in [3.63, 3.8) is 0 Å². The Labute approximate surface area is 133 Å². The molecule has 1 aromatic carbocycles. The average Bonchev–Trinajstić information content (AvgIpc) is 3.06. The fourth-order valence-electron chi connectivity index (χ4n) is 2.22. The molecule has 2 heterocycles. The van der Waals surface area contributed by atoms with E-state index in [1.807, 2.05) is 38.1 Å². The minimum absolute atomic E-state index is 0.218. The van der Waals surface area contributed by atoms with Crippen LogP contribution in [0.25, 0.3) is 11.4 Å². The van der Waals surface area contributed by atoms with Gasteiger partial charge >= 0.3 is 0 Å². The first-order valence-corrected chi connectivity index (χ1v) is 7.28. The van der Waals surface area contributed by atoms with Crippen LogP contribution in [0.2, 0.25) is 0 Å². The minimum atomic E-state index is -0.218. The fourth-order valence-corrected chi connectivity index (χ4v) is 2.22. The molecular weight excluding hydrogens is 292 g/mol. The molecule has 3 rings (SSSR count). The SMILES string of the molecule is CCn1nnnc1-c1cccc(C(=O)Nc2ncccc2C)c1. The number of aryl methyl sites for hydroxylation is 2. The van der Waals surface area contributed by atoms with Crippen LogP contribution in [0, 0.1) is 6.92 Å². The van der Waals surface area contributed by atoms with Gasteiger partial charge in [0.1, 0.15) is 5.82 Å². The van der Waals surface area contributed by atoms with E-state index < -0.39 is 0 Å². The number of pyridine rings is 1. The summed E-state index contributed by atoms with van der Waals surface area (Å²) in [6, 6.07) is 10.9. The summed E-state index contributed by atoms with van der Waals surface area (Å²) in [5.74, 6) is 0.974. The number of carbonyl (C=O) groups excluding carboxylic acids is 1. The predicted molar refractivity (Wildman–Crippen MR) is 85.9 cm³/mol. The first-order valence-electron chi connectivity index (χ1n) is 7.28. The smallest absolute Gasteiger partial charge is 0.256 e. The molecule has 0 unspecified atom stereocenters. The highest BCUT2D eigenvalue weighted by atomic mass is 16.1. The molecule has 7 nitrogen and oxygen atoms in total. The highest BCUT2D eigenvalue weighted by Gasteiger charge is 2.12. The van der Waals surface area contributed by atoms with Gasteiger partial charge in [-0.2, -0.15) is 0 Å². The van der Waals surface area contributed by atoms with Gasteiger partial charge in [0, 0.05) is 23.9 Å². The lowest BCUT2D eigenvalue weighted by atomic mass is 10.1. The highest BCUT2D eigenvalue weighted by molar-refractivity contribution is 6.04. The van der Waals surface area contributed by atoms with Crippen LogP contribution < -0.4 is 5.32 Å². The fraction of sp³-hybridized carbons (Fsp3) is 0.188. The number of nitrogens with one attached hydrogen (secondary N) is 1. The molecule has 0 radical (unpaired) electrons. The lowest BCUT2D eigenvalue weighted by Gasteiger charge is -2.08. The lowest BCUT2D eigenvalue weighted by Crippen LogP contribution is -2.14. The van der Waals surface area contributed by atoms with Gasteiger partial charge in [-0.3, -0.25) is 4.79 Å². The number of nitrogens with zero attached hydrogens (tertiary/aromatic N) is 5. The van der Waals surface area contributed by atoms with Gasteiger partial charge in [0.05, 0.1) is 0 Å². The van der Waals surface area contributed by atoms with Crippen molar-refractivity contribution in [1.82, 2.24) is 25.2 Å². The maximum atomic E-state index is 12.4. The molecule has 0 aliphatic heterocycles. The maximum absolute atomic E-state index is 12.4. The quantitative estimate of drug-likeness (QED) is 0.799. The minimum Gasteiger partial charge on any atom is -0.306 e. The van der Waals surface area contributed by atoms with E-state index in [1.165, 1.54) is 0 Å². The molecular formula is C16H16N6O. The second-order valence-electron chi connectivity index (χ2n) is 5.02. The zero-order valence-corrected chi connectivity index (χ0v) is 12.9. The number of benzene rings is 1. The summed E-state index contributed by atoms with van der Waals surface area (Å²) in [5, 5.41) is 14.4. The summed E-state index contributed by atoms with van der Waals surface area (Å²) in [5.41, 5.74) is 2.23. The van der Waals surface area contributed by atoms with Gasteiger partial charge in [-0.15, -0.1) is 5.10 Å². The van der Waals surface area contributed by atoms with Gasteiger partial charge in [-0.05, 0) is 48.0 Å². The number of aromatic nitrogens is 5. The molecule has 7 heteroatoms. The molecule has 1 N–H and O–H groups in total. The van der Waals surface area contributed by atoms with E-state index in [9.17, 15) is 4.79 Å². The molecule has 2 aromatic heterocycles. The van der Waals surface area contributed by atoms with Crippen molar-refractivity contribution in [2.24, 2.45) is 0 Å². The second-order valence-corrected chi connectivity index (χ2v) is 5.02. The summed E-state index contributed by atoms with van der Waals surface area (Å²) in [4.78, 5) is 16.6. The van der Waals surface area contributed by atoms with Crippen LogP contribution >= 0.6 is 0 Å². The summed E-state index contributed by atoms with van der Waals surface area (Å²) in [7, 11) is 0. The predicted octanol–water partition coefficient (Wildman–Crippen LogP) is 2.32. The van der Waals surface area contributed by atoms with Crippen LogP contribution in [0.15, 0.2) is 42.6 Å². The molecule has 0 bridgehead atoms. The van der Waals surface area contributed by atoms with E-state index in [2.05, 4.69) is 25.8 Å². The Morgan fingerprint density at radius 2 is 2.13 bits per heavy atom. The zero-order valence-electron chi connectivity index (χ0n) is 12.9. The van der Waals surface area contributed by atoms with Crippen molar-refractivity contribution in [2.75, 3.05) is 5.32 Å². The monoisotopic (exact) mass is 308 g/mol. The van der Waals surface area contributed by atoms with Crippen LogP contribution in [0.4, 0.5) is 5.82 Å². The lowest BCUT2D eigenvalue weighted by molar-refractivity contribution is 0.102. The first kappa shape index (κ1) is 14.8. The largest absolute Gasteiger partial charge is 0.306 e. The van der Waals surface area contributed by atoms with Gasteiger partial charge < -0.3 is 5.32 Å². The standard InChI is InChI=1S/C16H16N6O/c1-3-22-15(19-20-21-22)12-7-4-8-13(10-12)16(23)18-14-11(2)6-5-9-17-14/h4-10H,3H2,1-2H3,(H,17,18,23). The Balaban J connectivity index is 1.88. The zero-order chi connectivity index (χ0) is 16.2. The molecule has 23 heavy (non-hydrogen) atoms. The molecule has 0 spiro atoms. The molecule has 116 valence electrons. The highest BCUT2D eigenvalue weighted by Crippen LogP contribution is 2.18. The van der Waals surface area contributed by atoms with E-state index in [-0.39, 0.29) is 5.91 Å². The molecule has 0 fully saturated rings. The maximum Gasteiger partial charge on any atom is 0.256 e. The number of hydrogen-bond donors (Lipinski definition) is 1. The molecule has 0 atom stereocenters. The van der Waals surface area contributed by atoms with Crippen LogP contribution in [0.5, 0.6) is 0 Å². The van der Waals surface area contributed by atoms with Gasteiger partial charge in [0.2, 0.25) is 0 Å². The Morgan fingerprint density at radius 1 is 1.26 bits per heavy atom. The second kappa shape index (κ2) is 6.35. The molecule has 0 aliphatic carbocycles. The molecule has 3 aromatic rings. The number of rotatable bonds is 4. The van der Waals surface area contributed by atoms with E-state index in [0.29, 0.717) is 23.8 Å². The first-order chi connectivity index (χ1) is 11.2. The number of carbonyl (C=O) groups is 1. The molecule has 1 amide bonds. The van der Waals surface area contributed by atoms with Crippen LogP contribution in [0.3, 0.4) is 0 Å². The van der Waals surface area contributed by atoms with E-state index in [0.717, 1.165) is 11.1 Å². The van der Waals surface area contributed by atoms with Crippen LogP contribution in [-0.4, -0.2) is 31.1 Å². The average molecular weight is 308 g/mol. The molecule has 0 saturated carbocycles. The van der Waals surface area contributed by atoms with Crippen LogP contribution in [0.1, 0.15) is 22.8 Å². The summed E-state index contributed by atoms with van der Waals surface area (Å²) in [6.07, 6.45) is 1.65. The number of amides is 1. The van der Waals surface area contributed by atoms with Crippen molar-refractivity contribution in [2.45, 2.75) is 20.4 Å². The van der Waals surface area contributed by atoms with Crippen molar-refractivity contribution >= 4 is 11.7 Å². The van der Waals surface area contributed by atoms with E-state index in [1.54, 1.807) is 23.0 Å². The molecule has 0 saturated heterocycles. The molecule has 0 aliphatic rings.